The predicted octanol–water partition coefficient (Wildman–Crippen LogP) is 6.25. The van der Waals surface area contributed by atoms with Crippen LogP contribution in [0.25, 0.3) is 21.7 Å². The number of hydrogen-bond donors (Lipinski definition) is 0. The molecule has 5 aromatic rings. The molecule has 38 heavy (non-hydrogen) atoms. The number of nitrogens with zero attached hydrogens (tertiary/aromatic N) is 2. The Bertz CT molecular complexity index is 1800. The smallest absolute Gasteiger partial charge is 0.338 e. The zero-order chi connectivity index (χ0) is 26.8. The summed E-state index contributed by atoms with van der Waals surface area (Å²) in [4.78, 5) is 45.3. The molecule has 3 aromatic carbocycles. The van der Waals surface area contributed by atoms with Gasteiger partial charge < -0.3 is 4.74 Å². The van der Waals surface area contributed by atoms with Crippen LogP contribution < -0.4 is 5.43 Å². The molecule has 0 unspecified atom stereocenters. The van der Waals surface area contributed by atoms with Crippen molar-refractivity contribution in [2.45, 2.75) is 12.8 Å². The Morgan fingerprint density at radius 3 is 2.34 bits per heavy atom. The molecule has 0 radical (unpaired) electrons. The van der Waals surface area contributed by atoms with Crippen LogP contribution in [0.4, 0.5) is 0 Å². The summed E-state index contributed by atoms with van der Waals surface area (Å²) < 4.78 is 4.81. The standard InChI is InChI=1S/C16H10ClNO3.C14H10ClNO/c1-21-16(20)13-7-9-3-2-6-18-14(9)15(19)11-5-4-10(17)8-12(11)13;15-11-5-6-12-10(8-11)4-3-9-2-1-7-16-13(9)14(12)17/h2-8H,1H3;1-2,5-8H,3-4H2. The van der Waals surface area contributed by atoms with Gasteiger partial charge in [0.2, 0.25) is 11.2 Å². The molecule has 0 N–H and O–H groups in total. The van der Waals surface area contributed by atoms with Gasteiger partial charge in [0.15, 0.2) is 0 Å². The molecule has 0 fully saturated rings. The molecule has 6 rings (SSSR count). The van der Waals surface area contributed by atoms with E-state index in [1.807, 2.05) is 18.2 Å². The number of methoxy groups -OCH3 is 1. The monoisotopic (exact) mass is 542 g/mol. The van der Waals surface area contributed by atoms with Gasteiger partial charge in [0.05, 0.1) is 12.7 Å². The Hall–Kier alpha value is -4.13. The number of benzene rings is 2. The number of pyridine rings is 2. The van der Waals surface area contributed by atoms with Crippen molar-refractivity contribution in [1.82, 2.24) is 9.97 Å². The van der Waals surface area contributed by atoms with Crippen LogP contribution in [0.2, 0.25) is 10.0 Å². The minimum Gasteiger partial charge on any atom is -0.465 e. The molecule has 8 heteroatoms. The minimum atomic E-state index is -0.525. The maximum atomic E-state index is 12.6. The van der Waals surface area contributed by atoms with Crippen molar-refractivity contribution in [2.75, 3.05) is 7.11 Å². The number of aryl methyl sites for hydroxylation is 2. The highest BCUT2D eigenvalue weighted by atomic mass is 35.5. The molecule has 0 aliphatic heterocycles. The fourth-order valence-electron chi connectivity index (χ4n) is 4.53. The van der Waals surface area contributed by atoms with E-state index in [0.717, 1.165) is 29.5 Å². The normalized spacial score (nSPS) is 12.1. The van der Waals surface area contributed by atoms with Crippen molar-refractivity contribution in [3.63, 3.8) is 0 Å². The van der Waals surface area contributed by atoms with Crippen molar-refractivity contribution in [2.24, 2.45) is 0 Å². The van der Waals surface area contributed by atoms with Gasteiger partial charge in [0.25, 0.3) is 0 Å². The van der Waals surface area contributed by atoms with E-state index in [0.29, 0.717) is 37.4 Å². The van der Waals surface area contributed by atoms with E-state index in [1.54, 1.807) is 60.9 Å². The molecule has 1 aliphatic rings. The van der Waals surface area contributed by atoms with Gasteiger partial charge in [-0.2, -0.15) is 0 Å². The van der Waals surface area contributed by atoms with E-state index in [-0.39, 0.29) is 16.8 Å². The number of carbonyl (C=O) groups is 2. The lowest BCUT2D eigenvalue weighted by Gasteiger charge is -2.04. The fraction of sp³-hybridized carbons (Fsp3) is 0.100. The largest absolute Gasteiger partial charge is 0.465 e. The van der Waals surface area contributed by atoms with Crippen LogP contribution in [0.1, 0.15) is 37.5 Å². The molecule has 0 amide bonds. The number of esters is 1. The molecule has 1 aliphatic carbocycles. The Morgan fingerprint density at radius 1 is 0.816 bits per heavy atom. The number of ketones is 1. The topological polar surface area (TPSA) is 86.2 Å². The highest BCUT2D eigenvalue weighted by molar-refractivity contribution is 6.31. The summed E-state index contributed by atoms with van der Waals surface area (Å²) in [6.07, 6.45) is 4.88. The first kappa shape index (κ1) is 25.5. The molecule has 188 valence electrons. The number of ether oxygens (including phenoxy) is 1. The fourth-order valence-corrected chi connectivity index (χ4v) is 4.90. The highest BCUT2D eigenvalue weighted by Crippen LogP contribution is 2.26. The third kappa shape index (κ3) is 4.88. The minimum absolute atomic E-state index is 0.00441. The molecule has 0 saturated heterocycles. The average molecular weight is 543 g/mol. The molecule has 0 atom stereocenters. The second-order valence-corrected chi connectivity index (χ2v) is 9.52. The lowest BCUT2D eigenvalue weighted by molar-refractivity contribution is 0.0603. The number of halogens is 2. The first-order chi connectivity index (χ1) is 18.4. The van der Waals surface area contributed by atoms with Gasteiger partial charge in [0.1, 0.15) is 11.2 Å². The van der Waals surface area contributed by atoms with Gasteiger partial charge in [-0.25, -0.2) is 4.79 Å². The van der Waals surface area contributed by atoms with Gasteiger partial charge in [-0.15, -0.1) is 0 Å². The third-order valence-corrected chi connectivity index (χ3v) is 6.83. The molecule has 2 aromatic heterocycles. The van der Waals surface area contributed by atoms with Crippen LogP contribution >= 0.6 is 23.2 Å². The number of fused-ring (bicyclic) bond motifs is 4. The van der Waals surface area contributed by atoms with Crippen LogP contribution in [-0.4, -0.2) is 28.8 Å². The Balaban J connectivity index is 0.000000158. The summed E-state index contributed by atoms with van der Waals surface area (Å²) in [6, 6.07) is 19.1. The van der Waals surface area contributed by atoms with E-state index in [2.05, 4.69) is 9.97 Å². The van der Waals surface area contributed by atoms with Crippen LogP contribution in [0, 0.1) is 0 Å². The van der Waals surface area contributed by atoms with E-state index in [9.17, 15) is 14.4 Å². The van der Waals surface area contributed by atoms with Crippen molar-refractivity contribution >= 4 is 56.6 Å². The maximum absolute atomic E-state index is 12.6. The molecule has 0 saturated carbocycles. The van der Waals surface area contributed by atoms with Gasteiger partial charge in [-0.1, -0.05) is 35.3 Å². The average Bonchev–Trinajstić information content (AvgIpc) is 3.15. The van der Waals surface area contributed by atoms with E-state index >= 15 is 0 Å². The second kappa shape index (κ2) is 10.7. The molecule has 6 nitrogen and oxygen atoms in total. The summed E-state index contributed by atoms with van der Waals surface area (Å²) >= 11 is 12.0. The maximum Gasteiger partial charge on any atom is 0.338 e. The van der Waals surface area contributed by atoms with Gasteiger partial charge >= 0.3 is 5.97 Å². The van der Waals surface area contributed by atoms with E-state index < -0.39 is 5.97 Å². The van der Waals surface area contributed by atoms with Gasteiger partial charge in [-0.3, -0.25) is 19.6 Å². The first-order valence-electron chi connectivity index (χ1n) is 11.7. The number of carbonyl (C=O) groups excluding carboxylic acids is 2. The summed E-state index contributed by atoms with van der Waals surface area (Å²) in [7, 11) is 1.30. The van der Waals surface area contributed by atoms with Gasteiger partial charge in [-0.05, 0) is 78.6 Å². The SMILES string of the molecule is COC(=O)c1cc2cccnc2c(=O)c2ccc(Cl)cc12.O=C1c2ccc(Cl)cc2CCc2cccnc21. The van der Waals surface area contributed by atoms with Crippen molar-refractivity contribution in [1.29, 1.82) is 0 Å². The van der Waals surface area contributed by atoms with Gasteiger partial charge in [0, 0.05) is 44.2 Å². The zero-order valence-electron chi connectivity index (χ0n) is 20.2. The van der Waals surface area contributed by atoms with E-state index in [4.69, 9.17) is 27.9 Å². The predicted molar refractivity (Wildman–Crippen MR) is 148 cm³/mol. The number of aromatic nitrogens is 2. The number of rotatable bonds is 1. The van der Waals surface area contributed by atoms with Crippen LogP contribution in [0.15, 0.2) is 83.9 Å². The highest BCUT2D eigenvalue weighted by Gasteiger charge is 2.22. The van der Waals surface area contributed by atoms with Crippen molar-refractivity contribution < 1.29 is 14.3 Å². The summed E-state index contributed by atoms with van der Waals surface area (Å²) in [5.74, 6) is -0.521. The Kier molecular flexibility index (Phi) is 7.18. The summed E-state index contributed by atoms with van der Waals surface area (Å²) in [5, 5.41) is 2.53. The Labute approximate surface area is 227 Å². The lowest BCUT2D eigenvalue weighted by Crippen LogP contribution is -2.06. The molecular formula is C30H20Cl2N2O4. The van der Waals surface area contributed by atoms with E-state index in [1.165, 1.54) is 7.11 Å². The number of hydrogen-bond acceptors (Lipinski definition) is 6. The first-order valence-corrected chi connectivity index (χ1v) is 12.5. The lowest BCUT2D eigenvalue weighted by atomic mass is 10.0. The second-order valence-electron chi connectivity index (χ2n) is 8.65. The van der Waals surface area contributed by atoms with Crippen molar-refractivity contribution in [3.8, 4) is 0 Å². The van der Waals surface area contributed by atoms with Crippen LogP contribution in [0.5, 0.6) is 0 Å². The third-order valence-electron chi connectivity index (χ3n) is 6.36. The quantitative estimate of drug-likeness (QED) is 0.232. The van der Waals surface area contributed by atoms with Crippen molar-refractivity contribution in [3.05, 3.63) is 127 Å². The molecule has 0 bridgehead atoms. The summed E-state index contributed by atoms with van der Waals surface area (Å²) in [6.45, 7) is 0. The zero-order valence-corrected chi connectivity index (χ0v) is 21.7. The van der Waals surface area contributed by atoms with Crippen LogP contribution in [0.3, 0.4) is 0 Å². The molecular weight excluding hydrogens is 523 g/mol. The molecule has 2 heterocycles. The Morgan fingerprint density at radius 2 is 1.53 bits per heavy atom. The molecule has 0 spiro atoms. The van der Waals surface area contributed by atoms with Crippen LogP contribution in [-0.2, 0) is 17.6 Å². The summed E-state index contributed by atoms with van der Waals surface area (Å²) in [5.41, 5.74) is 3.69.